The fourth-order valence-corrected chi connectivity index (χ4v) is 4.85. The number of allylic oxidation sites excluding steroid dienone is 1. The highest BCUT2D eigenvalue weighted by Crippen LogP contribution is 2.42. The highest BCUT2D eigenvalue weighted by Gasteiger charge is 2.22. The number of hydrogen-bond acceptors (Lipinski definition) is 6. The van der Waals surface area contributed by atoms with E-state index in [-0.39, 0.29) is 31.3 Å². The molecule has 3 aromatic carbocycles. The summed E-state index contributed by atoms with van der Waals surface area (Å²) in [4.78, 5) is 25.4. The molecule has 0 bridgehead atoms. The summed E-state index contributed by atoms with van der Waals surface area (Å²) in [5.41, 5.74) is 3.60. The molecule has 0 unspecified atom stereocenters. The van der Waals surface area contributed by atoms with Gasteiger partial charge in [0.1, 0.15) is 5.76 Å². The number of carbonyl (C=O) groups is 2. The van der Waals surface area contributed by atoms with E-state index in [0.29, 0.717) is 51.4 Å². The fourth-order valence-electron chi connectivity index (χ4n) is 4.51. The Labute approximate surface area is 249 Å². The van der Waals surface area contributed by atoms with Crippen LogP contribution in [0.2, 0.25) is 10.0 Å². The molecule has 0 spiro atoms. The Morgan fingerprint density at radius 1 is 0.951 bits per heavy atom. The third kappa shape index (κ3) is 7.43. The number of methoxy groups -OCH3 is 2. The molecule has 0 radical (unpaired) electrons. The van der Waals surface area contributed by atoms with Gasteiger partial charge >= 0.3 is 5.97 Å². The third-order valence-electron chi connectivity index (χ3n) is 6.46. The topological polar surface area (TPSA) is 87.0 Å². The monoisotopic (exact) mass is 595 g/mol. The molecule has 7 nitrogen and oxygen atoms in total. The number of esters is 1. The first-order valence-electron chi connectivity index (χ1n) is 13.2. The third-order valence-corrected chi connectivity index (χ3v) is 7.01. The molecule has 0 saturated carbocycles. The minimum absolute atomic E-state index is 0.0728. The Morgan fingerprint density at radius 2 is 1.71 bits per heavy atom. The van der Waals surface area contributed by atoms with Gasteiger partial charge in [-0.15, -0.1) is 0 Å². The number of rotatable bonds is 12. The molecule has 0 atom stereocenters. The number of amides is 1. The smallest absolute Gasteiger partial charge is 0.306 e. The molecule has 0 fully saturated rings. The maximum Gasteiger partial charge on any atom is 0.306 e. The lowest BCUT2D eigenvalue weighted by atomic mass is 9.96. The summed E-state index contributed by atoms with van der Waals surface area (Å²) in [6.45, 7) is 2.40. The van der Waals surface area contributed by atoms with Gasteiger partial charge in [0.25, 0.3) is 0 Å². The van der Waals surface area contributed by atoms with E-state index >= 15 is 0 Å². The van der Waals surface area contributed by atoms with Gasteiger partial charge in [-0.25, -0.2) is 0 Å². The van der Waals surface area contributed by atoms with Crippen LogP contribution in [0.1, 0.15) is 31.1 Å². The van der Waals surface area contributed by atoms with Crippen molar-refractivity contribution in [3.05, 3.63) is 88.1 Å². The van der Waals surface area contributed by atoms with Gasteiger partial charge in [0.05, 0.1) is 25.8 Å². The van der Waals surface area contributed by atoms with E-state index in [0.717, 1.165) is 22.1 Å². The molecule has 0 aliphatic carbocycles. The van der Waals surface area contributed by atoms with Crippen molar-refractivity contribution < 1.29 is 28.2 Å². The molecule has 1 aromatic heterocycles. The number of halogens is 2. The van der Waals surface area contributed by atoms with E-state index in [1.807, 2.05) is 42.5 Å². The number of para-hydroxylation sites is 1. The lowest BCUT2D eigenvalue weighted by Gasteiger charge is -2.11. The Balaban J connectivity index is 1.66. The van der Waals surface area contributed by atoms with Crippen molar-refractivity contribution in [2.24, 2.45) is 0 Å². The van der Waals surface area contributed by atoms with Gasteiger partial charge < -0.3 is 23.9 Å². The number of furan rings is 1. The standard InChI is InChI=1S/C32H31Cl2NO6/c1-4-40-29(37)15-11-22(19-28(36)35-17-16-20-8-14-26(38-2)27(18-20)39-3)31-30(21-9-12-23(33)13-10-21)24-6-5-7-25(34)32(24)41-31/h5-10,12-14,18-19H,4,11,15-17H2,1-3H3,(H,35,36)/b22-19+. The molecule has 0 aliphatic rings. The van der Waals surface area contributed by atoms with Gasteiger partial charge in [-0.1, -0.05) is 53.5 Å². The van der Waals surface area contributed by atoms with Crippen LogP contribution in [0.25, 0.3) is 27.7 Å². The van der Waals surface area contributed by atoms with Crippen LogP contribution in [0.3, 0.4) is 0 Å². The highest BCUT2D eigenvalue weighted by atomic mass is 35.5. The summed E-state index contributed by atoms with van der Waals surface area (Å²) in [5.74, 6) is 1.02. The zero-order valence-corrected chi connectivity index (χ0v) is 24.6. The minimum Gasteiger partial charge on any atom is -0.493 e. The summed E-state index contributed by atoms with van der Waals surface area (Å²) in [6.07, 6.45) is 2.34. The van der Waals surface area contributed by atoms with Crippen molar-refractivity contribution in [1.82, 2.24) is 5.32 Å². The van der Waals surface area contributed by atoms with Crippen LogP contribution in [0.15, 0.2) is 71.2 Å². The Bertz CT molecular complexity index is 1560. The summed E-state index contributed by atoms with van der Waals surface area (Å²) in [7, 11) is 3.16. The van der Waals surface area contributed by atoms with Crippen LogP contribution in [-0.4, -0.2) is 39.2 Å². The van der Waals surface area contributed by atoms with E-state index in [2.05, 4.69) is 5.32 Å². The van der Waals surface area contributed by atoms with Crippen LogP contribution in [0, 0.1) is 0 Å². The molecule has 0 aliphatic heterocycles. The number of carbonyl (C=O) groups excluding carboxylic acids is 2. The van der Waals surface area contributed by atoms with E-state index in [1.54, 1.807) is 39.3 Å². The number of ether oxygens (including phenoxy) is 3. The van der Waals surface area contributed by atoms with Crippen molar-refractivity contribution in [3.63, 3.8) is 0 Å². The first-order valence-corrected chi connectivity index (χ1v) is 13.9. The molecule has 9 heteroatoms. The van der Waals surface area contributed by atoms with Gasteiger partial charge in [0, 0.05) is 40.6 Å². The van der Waals surface area contributed by atoms with Crippen LogP contribution >= 0.6 is 23.2 Å². The molecule has 1 heterocycles. The van der Waals surface area contributed by atoms with Gasteiger partial charge in [-0.2, -0.15) is 0 Å². The van der Waals surface area contributed by atoms with Crippen LogP contribution < -0.4 is 14.8 Å². The predicted octanol–water partition coefficient (Wildman–Crippen LogP) is 7.51. The molecule has 0 saturated heterocycles. The minimum atomic E-state index is -0.366. The lowest BCUT2D eigenvalue weighted by Crippen LogP contribution is -2.24. The van der Waals surface area contributed by atoms with Crippen LogP contribution in [0.4, 0.5) is 0 Å². The lowest BCUT2D eigenvalue weighted by molar-refractivity contribution is -0.143. The van der Waals surface area contributed by atoms with Crippen molar-refractivity contribution in [2.45, 2.75) is 26.2 Å². The van der Waals surface area contributed by atoms with Crippen molar-refractivity contribution in [3.8, 4) is 22.6 Å². The van der Waals surface area contributed by atoms with Crippen LogP contribution in [-0.2, 0) is 20.7 Å². The average molecular weight is 597 g/mol. The summed E-state index contributed by atoms with van der Waals surface area (Å²) < 4.78 is 22.1. The van der Waals surface area contributed by atoms with E-state index < -0.39 is 0 Å². The summed E-state index contributed by atoms with van der Waals surface area (Å²) in [6, 6.07) is 18.4. The van der Waals surface area contributed by atoms with E-state index in [9.17, 15) is 9.59 Å². The molecule has 1 N–H and O–H groups in total. The molecule has 4 rings (SSSR count). The Kier molecular flexibility index (Phi) is 10.3. The number of nitrogens with one attached hydrogen (secondary N) is 1. The second-order valence-electron chi connectivity index (χ2n) is 9.13. The van der Waals surface area contributed by atoms with Crippen molar-refractivity contribution in [2.75, 3.05) is 27.4 Å². The van der Waals surface area contributed by atoms with Gasteiger partial charge in [0.2, 0.25) is 5.91 Å². The fraction of sp³-hybridized carbons (Fsp3) is 0.250. The first-order chi connectivity index (χ1) is 19.8. The average Bonchev–Trinajstić information content (AvgIpc) is 3.36. The van der Waals surface area contributed by atoms with E-state index in [1.165, 1.54) is 6.08 Å². The summed E-state index contributed by atoms with van der Waals surface area (Å²) in [5, 5.41) is 4.75. The molecular weight excluding hydrogens is 565 g/mol. The highest BCUT2D eigenvalue weighted by molar-refractivity contribution is 6.35. The normalized spacial score (nSPS) is 11.4. The number of fused-ring (bicyclic) bond motifs is 1. The molecule has 214 valence electrons. The zero-order valence-electron chi connectivity index (χ0n) is 23.1. The zero-order chi connectivity index (χ0) is 29.4. The van der Waals surface area contributed by atoms with Gasteiger partial charge in [0.15, 0.2) is 17.1 Å². The second kappa shape index (κ2) is 14.1. The van der Waals surface area contributed by atoms with Crippen molar-refractivity contribution in [1.29, 1.82) is 0 Å². The predicted molar refractivity (Wildman–Crippen MR) is 162 cm³/mol. The van der Waals surface area contributed by atoms with Gasteiger partial charge in [-0.05, 0) is 61.2 Å². The Morgan fingerprint density at radius 3 is 2.41 bits per heavy atom. The molecular formula is C32H31Cl2NO6. The number of benzene rings is 3. The maximum atomic E-state index is 13.2. The van der Waals surface area contributed by atoms with E-state index in [4.69, 9.17) is 41.8 Å². The Hall–Kier alpha value is -3.94. The SMILES string of the molecule is CCOC(=O)CC/C(=C\C(=O)NCCc1ccc(OC)c(OC)c1)c1oc2c(Cl)cccc2c1-c1ccc(Cl)cc1. The largest absolute Gasteiger partial charge is 0.493 e. The molecule has 1 amide bonds. The molecule has 41 heavy (non-hydrogen) atoms. The summed E-state index contributed by atoms with van der Waals surface area (Å²) >= 11 is 12.7. The number of hydrogen-bond donors (Lipinski definition) is 1. The van der Waals surface area contributed by atoms with Gasteiger partial charge in [-0.3, -0.25) is 9.59 Å². The molecule has 4 aromatic rings. The quantitative estimate of drug-likeness (QED) is 0.135. The first kappa shape index (κ1) is 30.0. The van der Waals surface area contributed by atoms with Crippen molar-refractivity contribution >= 4 is 51.6 Å². The second-order valence-corrected chi connectivity index (χ2v) is 9.98. The van der Waals surface area contributed by atoms with Crippen LogP contribution in [0.5, 0.6) is 11.5 Å². The maximum absolute atomic E-state index is 13.2.